The van der Waals surface area contributed by atoms with Gasteiger partial charge in [-0.15, -0.1) is 0 Å². The maximum Gasteiger partial charge on any atom is 0.261 e. The second-order valence-corrected chi connectivity index (χ2v) is 8.82. The highest BCUT2D eigenvalue weighted by Crippen LogP contribution is 2.24. The van der Waals surface area contributed by atoms with Crippen LogP contribution in [0.15, 0.2) is 42.5 Å². The predicted molar refractivity (Wildman–Crippen MR) is 123 cm³/mol. The molecule has 1 fully saturated rings. The second-order valence-electron chi connectivity index (χ2n) is 8.01. The molecule has 0 saturated heterocycles. The molecule has 0 aliphatic heterocycles. The second kappa shape index (κ2) is 11.5. The molecule has 1 saturated carbocycles. The Hall–Kier alpha value is -2.31. The minimum absolute atomic E-state index is 0.0188. The molecule has 2 aromatic rings. The zero-order chi connectivity index (χ0) is 23.1. The molecule has 1 atom stereocenters. The topological polar surface area (TPSA) is 58.6 Å². The zero-order valence-electron chi connectivity index (χ0n) is 18.0. The van der Waals surface area contributed by atoms with E-state index in [1.807, 2.05) is 0 Å². The predicted octanol–water partition coefficient (Wildman–Crippen LogP) is 5.38. The highest BCUT2D eigenvalue weighted by molar-refractivity contribution is 6.42. The standard InChI is InChI=1S/C24H27Cl2FN2O3/c1-16(24(31)28-18-7-3-2-4-8-18)29(14-17-11-12-19(25)20(26)13-17)23(30)15-32-22-10-6-5-9-21(22)27/h5-6,9-13,16,18H,2-4,7-8,14-15H2,1H3,(H,28,31). The average molecular weight is 481 g/mol. The lowest BCUT2D eigenvalue weighted by molar-refractivity contribution is -0.142. The number of benzene rings is 2. The summed E-state index contributed by atoms with van der Waals surface area (Å²) in [4.78, 5) is 27.4. The molecular formula is C24H27Cl2FN2O3. The summed E-state index contributed by atoms with van der Waals surface area (Å²) in [6, 6.07) is 10.3. The van der Waals surface area contributed by atoms with Crippen LogP contribution in [0, 0.1) is 5.82 Å². The number of hydrogen-bond donors (Lipinski definition) is 1. The minimum Gasteiger partial charge on any atom is -0.481 e. The Morgan fingerprint density at radius 1 is 1.12 bits per heavy atom. The van der Waals surface area contributed by atoms with Gasteiger partial charge in [0.2, 0.25) is 5.91 Å². The van der Waals surface area contributed by atoms with Crippen LogP contribution in [0.5, 0.6) is 5.75 Å². The molecule has 2 aromatic carbocycles. The van der Waals surface area contributed by atoms with Crippen LogP contribution < -0.4 is 10.1 Å². The summed E-state index contributed by atoms with van der Waals surface area (Å²) in [6.07, 6.45) is 5.23. The van der Waals surface area contributed by atoms with Gasteiger partial charge in [0.25, 0.3) is 5.91 Å². The van der Waals surface area contributed by atoms with Crippen molar-refractivity contribution in [3.63, 3.8) is 0 Å². The van der Waals surface area contributed by atoms with Crippen molar-refractivity contribution < 1.29 is 18.7 Å². The third-order valence-corrected chi connectivity index (χ3v) is 6.38. The summed E-state index contributed by atoms with van der Waals surface area (Å²) in [6.45, 7) is 1.41. The van der Waals surface area contributed by atoms with Gasteiger partial charge < -0.3 is 15.0 Å². The highest BCUT2D eigenvalue weighted by atomic mass is 35.5. The molecule has 1 N–H and O–H groups in total. The van der Waals surface area contributed by atoms with E-state index < -0.39 is 24.4 Å². The van der Waals surface area contributed by atoms with Gasteiger partial charge in [-0.25, -0.2) is 4.39 Å². The lowest BCUT2D eigenvalue weighted by Crippen LogP contribution is -2.51. The number of nitrogens with zero attached hydrogens (tertiary/aromatic N) is 1. The highest BCUT2D eigenvalue weighted by Gasteiger charge is 2.28. The Kier molecular flexibility index (Phi) is 8.76. The molecule has 0 heterocycles. The first kappa shape index (κ1) is 24.3. The van der Waals surface area contributed by atoms with Crippen molar-refractivity contribution in [2.75, 3.05) is 6.61 Å². The monoisotopic (exact) mass is 480 g/mol. The number of ether oxygens (including phenoxy) is 1. The summed E-state index contributed by atoms with van der Waals surface area (Å²) in [5, 5.41) is 3.82. The molecule has 2 amide bonds. The molecule has 0 spiro atoms. The Bertz CT molecular complexity index is 951. The number of para-hydroxylation sites is 1. The molecule has 0 radical (unpaired) electrons. The van der Waals surface area contributed by atoms with E-state index >= 15 is 0 Å². The van der Waals surface area contributed by atoms with Crippen LogP contribution in [0.1, 0.15) is 44.6 Å². The first-order chi connectivity index (χ1) is 15.3. The van der Waals surface area contributed by atoms with Crippen LogP contribution in [0.25, 0.3) is 0 Å². The van der Waals surface area contributed by atoms with Crippen LogP contribution in [0.3, 0.4) is 0 Å². The van der Waals surface area contributed by atoms with Crippen molar-refractivity contribution in [1.29, 1.82) is 0 Å². The molecule has 0 bridgehead atoms. The fourth-order valence-corrected chi connectivity index (χ4v) is 4.09. The molecule has 5 nitrogen and oxygen atoms in total. The largest absolute Gasteiger partial charge is 0.481 e. The first-order valence-electron chi connectivity index (χ1n) is 10.8. The zero-order valence-corrected chi connectivity index (χ0v) is 19.5. The van der Waals surface area contributed by atoms with E-state index in [0.717, 1.165) is 31.2 Å². The maximum absolute atomic E-state index is 13.9. The van der Waals surface area contributed by atoms with E-state index in [1.54, 1.807) is 31.2 Å². The van der Waals surface area contributed by atoms with E-state index in [4.69, 9.17) is 27.9 Å². The molecule has 32 heavy (non-hydrogen) atoms. The van der Waals surface area contributed by atoms with E-state index in [9.17, 15) is 14.0 Å². The number of carbonyl (C=O) groups is 2. The number of hydrogen-bond acceptors (Lipinski definition) is 3. The van der Waals surface area contributed by atoms with Crippen LogP contribution >= 0.6 is 23.2 Å². The van der Waals surface area contributed by atoms with Crippen molar-refractivity contribution in [3.05, 3.63) is 63.9 Å². The molecule has 1 unspecified atom stereocenters. The van der Waals surface area contributed by atoms with Gasteiger partial charge in [0.15, 0.2) is 18.2 Å². The third-order valence-electron chi connectivity index (χ3n) is 5.64. The number of halogens is 3. The van der Waals surface area contributed by atoms with Crippen molar-refractivity contribution in [2.45, 2.75) is 57.7 Å². The van der Waals surface area contributed by atoms with E-state index in [1.165, 1.54) is 29.5 Å². The van der Waals surface area contributed by atoms with Crippen molar-refractivity contribution >= 4 is 35.0 Å². The summed E-state index contributed by atoms with van der Waals surface area (Å²) in [5.74, 6) is -1.24. The van der Waals surface area contributed by atoms with Gasteiger partial charge in [-0.05, 0) is 49.6 Å². The Morgan fingerprint density at radius 3 is 2.53 bits per heavy atom. The van der Waals surface area contributed by atoms with Crippen LogP contribution in [0.2, 0.25) is 10.0 Å². The first-order valence-corrected chi connectivity index (χ1v) is 11.5. The number of amides is 2. The Balaban J connectivity index is 1.74. The van der Waals surface area contributed by atoms with Crippen LogP contribution in [-0.2, 0) is 16.1 Å². The van der Waals surface area contributed by atoms with Gasteiger partial charge in [-0.1, -0.05) is 60.7 Å². The quantitative estimate of drug-likeness (QED) is 0.551. The maximum atomic E-state index is 13.9. The van der Waals surface area contributed by atoms with Crippen molar-refractivity contribution in [3.8, 4) is 5.75 Å². The molecule has 1 aliphatic rings. The molecule has 0 aromatic heterocycles. The number of rotatable bonds is 8. The SMILES string of the molecule is CC(C(=O)NC1CCCCC1)N(Cc1ccc(Cl)c(Cl)c1)C(=O)COc1ccccc1F. The van der Waals surface area contributed by atoms with Crippen molar-refractivity contribution in [1.82, 2.24) is 10.2 Å². The fraction of sp³-hybridized carbons (Fsp3) is 0.417. The van der Waals surface area contributed by atoms with Gasteiger partial charge in [-0.3, -0.25) is 9.59 Å². The van der Waals surface area contributed by atoms with Crippen LogP contribution in [-0.4, -0.2) is 35.4 Å². The summed E-state index contributed by atoms with van der Waals surface area (Å²) < 4.78 is 19.3. The molecular weight excluding hydrogens is 454 g/mol. The van der Waals surface area contributed by atoms with E-state index in [2.05, 4.69) is 5.32 Å². The van der Waals surface area contributed by atoms with Gasteiger partial charge in [0.05, 0.1) is 10.0 Å². The van der Waals surface area contributed by atoms with Gasteiger partial charge in [0, 0.05) is 12.6 Å². The normalized spacial score (nSPS) is 15.1. The number of carbonyl (C=O) groups excluding carboxylic acids is 2. The lowest BCUT2D eigenvalue weighted by Gasteiger charge is -2.31. The summed E-state index contributed by atoms with van der Waals surface area (Å²) in [7, 11) is 0. The summed E-state index contributed by atoms with van der Waals surface area (Å²) in [5.41, 5.74) is 0.718. The van der Waals surface area contributed by atoms with E-state index in [0.29, 0.717) is 10.0 Å². The van der Waals surface area contributed by atoms with Gasteiger partial charge in [-0.2, -0.15) is 0 Å². The van der Waals surface area contributed by atoms with E-state index in [-0.39, 0.29) is 24.2 Å². The molecule has 8 heteroatoms. The molecule has 1 aliphatic carbocycles. The number of nitrogens with one attached hydrogen (secondary N) is 1. The molecule has 172 valence electrons. The molecule has 3 rings (SSSR count). The summed E-state index contributed by atoms with van der Waals surface area (Å²) >= 11 is 12.1. The van der Waals surface area contributed by atoms with Gasteiger partial charge >= 0.3 is 0 Å². The smallest absolute Gasteiger partial charge is 0.261 e. The van der Waals surface area contributed by atoms with Crippen LogP contribution in [0.4, 0.5) is 4.39 Å². The third kappa shape index (κ3) is 6.59. The van der Waals surface area contributed by atoms with Crippen molar-refractivity contribution in [2.24, 2.45) is 0 Å². The minimum atomic E-state index is -0.747. The van der Waals surface area contributed by atoms with Gasteiger partial charge in [0.1, 0.15) is 6.04 Å². The lowest BCUT2D eigenvalue weighted by atomic mass is 9.95. The Labute approximate surface area is 197 Å². The fourth-order valence-electron chi connectivity index (χ4n) is 3.77. The Morgan fingerprint density at radius 2 is 1.84 bits per heavy atom. The average Bonchev–Trinajstić information content (AvgIpc) is 2.79.